The van der Waals surface area contributed by atoms with E-state index in [4.69, 9.17) is 0 Å². The molecule has 0 atom stereocenters. The Hall–Kier alpha value is -3.78. The number of hydrogen-bond donors (Lipinski definition) is 3. The van der Waals surface area contributed by atoms with Crippen LogP contribution in [0.15, 0.2) is 61.2 Å². The molecule has 0 saturated heterocycles. The quantitative estimate of drug-likeness (QED) is 0.366. The summed E-state index contributed by atoms with van der Waals surface area (Å²) in [5.41, 5.74) is 4.57. The number of carbonyl (C=O) groups is 2. The lowest BCUT2D eigenvalue weighted by molar-refractivity contribution is -0.119. The molecule has 3 N–H and O–H groups in total. The van der Waals surface area contributed by atoms with Crippen molar-refractivity contribution in [3.8, 4) is 11.1 Å². The Morgan fingerprint density at radius 2 is 1.90 bits per heavy atom. The Morgan fingerprint density at radius 1 is 1.10 bits per heavy atom. The molecule has 160 valence electrons. The number of anilines is 1. The predicted octanol–water partition coefficient (Wildman–Crippen LogP) is 2.36. The maximum Gasteiger partial charge on any atom is 0.248 e. The Morgan fingerprint density at radius 3 is 2.61 bits per heavy atom. The molecule has 2 heterocycles. The molecule has 2 amide bonds. The summed E-state index contributed by atoms with van der Waals surface area (Å²) in [6, 6.07) is 9.53. The van der Waals surface area contributed by atoms with E-state index < -0.39 is 0 Å². The molecule has 0 fully saturated rings. The SMILES string of the molecule is CC(=O)NCCNCc1ccc(NC(=O)/C=C/c2cnccc2-c2cnn(C)c2)cc1. The molecule has 8 heteroatoms. The molecule has 3 rings (SSSR count). The van der Waals surface area contributed by atoms with Gasteiger partial charge in [0.05, 0.1) is 6.20 Å². The molecule has 0 unspecified atom stereocenters. The maximum absolute atomic E-state index is 12.3. The van der Waals surface area contributed by atoms with Crippen molar-refractivity contribution in [1.29, 1.82) is 0 Å². The fraction of sp³-hybridized carbons (Fsp3) is 0.217. The van der Waals surface area contributed by atoms with Crippen molar-refractivity contribution in [1.82, 2.24) is 25.4 Å². The van der Waals surface area contributed by atoms with Crippen LogP contribution < -0.4 is 16.0 Å². The third kappa shape index (κ3) is 6.90. The van der Waals surface area contributed by atoms with Crippen molar-refractivity contribution >= 4 is 23.6 Å². The number of amides is 2. The highest BCUT2D eigenvalue weighted by Crippen LogP contribution is 2.23. The standard InChI is InChI=1S/C23H26N6O2/c1-17(30)26-12-11-25-13-18-3-6-21(7-4-18)28-23(31)8-5-19-14-24-10-9-22(19)20-15-27-29(2)16-20/h3-10,14-16,25H,11-13H2,1-2H3,(H,26,30)(H,28,31)/b8-5+. The lowest BCUT2D eigenvalue weighted by atomic mass is 10.0. The third-order valence-corrected chi connectivity index (χ3v) is 4.51. The zero-order valence-electron chi connectivity index (χ0n) is 17.6. The van der Waals surface area contributed by atoms with Crippen LogP contribution in [0.1, 0.15) is 18.1 Å². The van der Waals surface area contributed by atoms with Crippen molar-refractivity contribution < 1.29 is 9.59 Å². The minimum atomic E-state index is -0.220. The normalized spacial score (nSPS) is 10.9. The van der Waals surface area contributed by atoms with Gasteiger partial charge in [0, 0.05) is 75.1 Å². The predicted molar refractivity (Wildman–Crippen MR) is 121 cm³/mol. The summed E-state index contributed by atoms with van der Waals surface area (Å²) in [6.07, 6.45) is 10.4. The second-order valence-corrected chi connectivity index (χ2v) is 7.04. The van der Waals surface area contributed by atoms with Gasteiger partial charge in [-0.1, -0.05) is 12.1 Å². The van der Waals surface area contributed by atoms with Crippen molar-refractivity contribution in [3.63, 3.8) is 0 Å². The molecule has 0 saturated carbocycles. The Kier molecular flexibility index (Phi) is 7.67. The van der Waals surface area contributed by atoms with Gasteiger partial charge < -0.3 is 16.0 Å². The summed E-state index contributed by atoms with van der Waals surface area (Å²) in [5.74, 6) is -0.255. The first-order valence-corrected chi connectivity index (χ1v) is 9.97. The number of nitrogens with one attached hydrogen (secondary N) is 3. The second kappa shape index (κ2) is 10.8. The lowest BCUT2D eigenvalue weighted by Gasteiger charge is -2.07. The second-order valence-electron chi connectivity index (χ2n) is 7.04. The molecular formula is C23H26N6O2. The van der Waals surface area contributed by atoms with Crippen LogP contribution in [0, 0.1) is 0 Å². The van der Waals surface area contributed by atoms with E-state index in [-0.39, 0.29) is 11.8 Å². The van der Waals surface area contributed by atoms with E-state index in [1.165, 1.54) is 13.0 Å². The van der Waals surface area contributed by atoms with Crippen LogP contribution in [0.5, 0.6) is 0 Å². The zero-order valence-corrected chi connectivity index (χ0v) is 17.6. The Bertz CT molecular complexity index is 1060. The van der Waals surface area contributed by atoms with Crippen molar-refractivity contribution in [2.75, 3.05) is 18.4 Å². The first kappa shape index (κ1) is 21.9. The smallest absolute Gasteiger partial charge is 0.248 e. The van der Waals surface area contributed by atoms with Gasteiger partial charge in [-0.15, -0.1) is 0 Å². The minimum absolute atomic E-state index is 0.0345. The van der Waals surface area contributed by atoms with Gasteiger partial charge in [0.2, 0.25) is 11.8 Å². The lowest BCUT2D eigenvalue weighted by Crippen LogP contribution is -2.29. The van der Waals surface area contributed by atoms with E-state index in [2.05, 4.69) is 26.0 Å². The fourth-order valence-corrected chi connectivity index (χ4v) is 2.98. The van der Waals surface area contributed by atoms with Crippen molar-refractivity contribution in [2.24, 2.45) is 7.05 Å². The van der Waals surface area contributed by atoms with Gasteiger partial charge >= 0.3 is 0 Å². The Labute approximate surface area is 181 Å². The molecule has 0 aliphatic rings. The van der Waals surface area contributed by atoms with Gasteiger partial charge in [0.15, 0.2) is 0 Å². The molecule has 0 spiro atoms. The highest BCUT2D eigenvalue weighted by molar-refractivity contribution is 6.02. The number of nitrogens with zero attached hydrogens (tertiary/aromatic N) is 3. The van der Waals surface area contributed by atoms with Gasteiger partial charge in [-0.2, -0.15) is 5.10 Å². The molecule has 1 aromatic carbocycles. The first-order chi connectivity index (χ1) is 15.0. The van der Waals surface area contributed by atoms with Gasteiger partial charge in [0.25, 0.3) is 0 Å². The summed E-state index contributed by atoms with van der Waals surface area (Å²) in [5, 5.41) is 13.0. The molecule has 8 nitrogen and oxygen atoms in total. The largest absolute Gasteiger partial charge is 0.355 e. The number of rotatable bonds is 9. The summed E-state index contributed by atoms with van der Waals surface area (Å²) >= 11 is 0. The van der Waals surface area contributed by atoms with Gasteiger partial charge in [0.1, 0.15) is 0 Å². The van der Waals surface area contributed by atoms with Gasteiger partial charge in [-0.25, -0.2) is 0 Å². The van der Waals surface area contributed by atoms with E-state index in [1.807, 2.05) is 43.6 Å². The summed E-state index contributed by atoms with van der Waals surface area (Å²) in [7, 11) is 1.86. The van der Waals surface area contributed by atoms with Crippen molar-refractivity contribution in [2.45, 2.75) is 13.5 Å². The van der Waals surface area contributed by atoms with Crippen molar-refractivity contribution in [3.05, 3.63) is 72.3 Å². The first-order valence-electron chi connectivity index (χ1n) is 9.97. The highest BCUT2D eigenvalue weighted by Gasteiger charge is 2.06. The highest BCUT2D eigenvalue weighted by atomic mass is 16.2. The molecule has 0 bridgehead atoms. The average Bonchev–Trinajstić information content (AvgIpc) is 3.19. The van der Waals surface area contributed by atoms with Crippen LogP contribution in [-0.2, 0) is 23.2 Å². The molecule has 3 aromatic rings. The zero-order chi connectivity index (χ0) is 22.1. The molecule has 0 aliphatic carbocycles. The summed E-state index contributed by atoms with van der Waals surface area (Å²) < 4.78 is 1.73. The van der Waals surface area contributed by atoms with Crippen LogP contribution in [0.3, 0.4) is 0 Å². The van der Waals surface area contributed by atoms with E-state index in [9.17, 15) is 9.59 Å². The van der Waals surface area contributed by atoms with E-state index >= 15 is 0 Å². The average molecular weight is 419 g/mol. The number of hydrogen-bond acceptors (Lipinski definition) is 5. The molecule has 2 aromatic heterocycles. The van der Waals surface area contributed by atoms with Gasteiger partial charge in [-0.05, 0) is 35.4 Å². The van der Waals surface area contributed by atoms with Gasteiger partial charge in [-0.3, -0.25) is 19.3 Å². The van der Waals surface area contributed by atoms with Crippen LogP contribution >= 0.6 is 0 Å². The third-order valence-electron chi connectivity index (χ3n) is 4.51. The van der Waals surface area contributed by atoms with E-state index in [0.717, 1.165) is 27.9 Å². The summed E-state index contributed by atoms with van der Waals surface area (Å²) in [6.45, 7) is 3.47. The summed E-state index contributed by atoms with van der Waals surface area (Å²) in [4.78, 5) is 27.3. The number of pyridine rings is 1. The molecule has 0 radical (unpaired) electrons. The number of aromatic nitrogens is 3. The molecule has 0 aliphatic heterocycles. The topological polar surface area (TPSA) is 101 Å². The van der Waals surface area contributed by atoms with Crippen LogP contribution in [0.4, 0.5) is 5.69 Å². The number of aryl methyl sites for hydroxylation is 1. The molecule has 31 heavy (non-hydrogen) atoms. The van der Waals surface area contributed by atoms with Crippen LogP contribution in [0.25, 0.3) is 17.2 Å². The monoisotopic (exact) mass is 418 g/mol. The number of carbonyl (C=O) groups excluding carboxylic acids is 2. The molecular weight excluding hydrogens is 392 g/mol. The number of benzene rings is 1. The van der Waals surface area contributed by atoms with Crippen LogP contribution in [0.2, 0.25) is 0 Å². The van der Waals surface area contributed by atoms with E-state index in [1.54, 1.807) is 29.3 Å². The maximum atomic E-state index is 12.3. The van der Waals surface area contributed by atoms with E-state index in [0.29, 0.717) is 19.6 Å². The van der Waals surface area contributed by atoms with Crippen LogP contribution in [-0.4, -0.2) is 39.7 Å². The minimum Gasteiger partial charge on any atom is -0.355 e. The Balaban J connectivity index is 1.53. The fourth-order valence-electron chi connectivity index (χ4n) is 2.98.